The van der Waals surface area contributed by atoms with Crippen molar-refractivity contribution in [1.29, 1.82) is 0 Å². The summed E-state index contributed by atoms with van der Waals surface area (Å²) in [7, 11) is 0. The molecule has 0 aliphatic carbocycles. The van der Waals surface area contributed by atoms with Crippen molar-refractivity contribution in [2.75, 3.05) is 5.32 Å². The van der Waals surface area contributed by atoms with Crippen LogP contribution in [0.25, 0.3) is 0 Å². The fourth-order valence-electron chi connectivity index (χ4n) is 1.67. The van der Waals surface area contributed by atoms with Crippen LogP contribution in [0.2, 0.25) is 0 Å². The third-order valence-electron chi connectivity index (χ3n) is 2.67. The standard InChI is InChI=1S/C15H13BrClNO/c16-13-5-1-11(2-6-13)9-15(19)18-14-7-3-12(10-17)4-8-14/h1-8H,9-10H2,(H,18,19). The first kappa shape index (κ1) is 14.1. The van der Waals surface area contributed by atoms with E-state index in [-0.39, 0.29) is 5.91 Å². The molecule has 0 heterocycles. The first-order chi connectivity index (χ1) is 9.17. The van der Waals surface area contributed by atoms with Crippen molar-refractivity contribution in [2.24, 2.45) is 0 Å². The number of halogens is 2. The van der Waals surface area contributed by atoms with Gasteiger partial charge in [0, 0.05) is 16.0 Å². The number of carbonyl (C=O) groups is 1. The Balaban J connectivity index is 1.95. The quantitative estimate of drug-likeness (QED) is 0.824. The highest BCUT2D eigenvalue weighted by Gasteiger charge is 2.04. The maximum atomic E-state index is 11.9. The lowest BCUT2D eigenvalue weighted by Crippen LogP contribution is -2.14. The Morgan fingerprint density at radius 1 is 1.00 bits per heavy atom. The Hall–Kier alpha value is -1.32. The lowest BCUT2D eigenvalue weighted by atomic mass is 10.1. The van der Waals surface area contributed by atoms with Crippen LogP contribution < -0.4 is 5.32 Å². The predicted molar refractivity (Wildman–Crippen MR) is 82.5 cm³/mol. The molecule has 1 amide bonds. The summed E-state index contributed by atoms with van der Waals surface area (Å²) >= 11 is 9.08. The highest BCUT2D eigenvalue weighted by Crippen LogP contribution is 2.13. The Bertz CT molecular complexity index is 551. The van der Waals surface area contributed by atoms with Crippen molar-refractivity contribution in [3.8, 4) is 0 Å². The molecule has 2 nitrogen and oxygen atoms in total. The molecular formula is C15H13BrClNO. The number of anilines is 1. The number of benzene rings is 2. The third-order valence-corrected chi connectivity index (χ3v) is 3.51. The van der Waals surface area contributed by atoms with E-state index in [1.807, 2.05) is 48.5 Å². The smallest absolute Gasteiger partial charge is 0.228 e. The van der Waals surface area contributed by atoms with Gasteiger partial charge in [0.15, 0.2) is 0 Å². The van der Waals surface area contributed by atoms with Gasteiger partial charge in [-0.3, -0.25) is 4.79 Å². The van der Waals surface area contributed by atoms with E-state index >= 15 is 0 Å². The van der Waals surface area contributed by atoms with Gasteiger partial charge in [0.25, 0.3) is 0 Å². The van der Waals surface area contributed by atoms with Gasteiger partial charge in [-0.2, -0.15) is 0 Å². The zero-order valence-electron chi connectivity index (χ0n) is 10.2. The molecule has 2 aromatic carbocycles. The van der Waals surface area contributed by atoms with Crippen LogP contribution in [0, 0.1) is 0 Å². The summed E-state index contributed by atoms with van der Waals surface area (Å²) in [6, 6.07) is 15.2. The molecule has 0 aliphatic rings. The van der Waals surface area contributed by atoms with Crippen LogP contribution in [0.15, 0.2) is 53.0 Å². The average Bonchev–Trinajstić information content (AvgIpc) is 2.42. The lowest BCUT2D eigenvalue weighted by Gasteiger charge is -2.06. The molecule has 0 aromatic heterocycles. The molecule has 4 heteroatoms. The number of alkyl halides is 1. The van der Waals surface area contributed by atoms with Crippen LogP contribution >= 0.6 is 27.5 Å². The molecule has 0 atom stereocenters. The molecular weight excluding hydrogens is 326 g/mol. The summed E-state index contributed by atoms with van der Waals surface area (Å²) in [5.74, 6) is 0.452. The average molecular weight is 339 g/mol. The molecule has 0 bridgehead atoms. The maximum Gasteiger partial charge on any atom is 0.228 e. The van der Waals surface area contributed by atoms with Crippen LogP contribution in [0.4, 0.5) is 5.69 Å². The highest BCUT2D eigenvalue weighted by molar-refractivity contribution is 9.10. The Kier molecular flexibility index (Phi) is 5.00. The summed E-state index contributed by atoms with van der Waals surface area (Å²) in [6.45, 7) is 0. The fraction of sp³-hybridized carbons (Fsp3) is 0.133. The molecule has 0 unspecified atom stereocenters. The number of hydrogen-bond acceptors (Lipinski definition) is 1. The molecule has 0 aliphatic heterocycles. The minimum Gasteiger partial charge on any atom is -0.326 e. The van der Waals surface area contributed by atoms with Gasteiger partial charge in [0.05, 0.1) is 6.42 Å². The number of amides is 1. The van der Waals surface area contributed by atoms with E-state index < -0.39 is 0 Å². The van der Waals surface area contributed by atoms with Gasteiger partial charge in [0.2, 0.25) is 5.91 Å². The van der Waals surface area contributed by atoms with Crippen molar-refractivity contribution >= 4 is 39.1 Å². The summed E-state index contributed by atoms with van der Waals surface area (Å²) in [5, 5.41) is 2.86. The molecule has 0 saturated carbocycles. The zero-order chi connectivity index (χ0) is 13.7. The first-order valence-corrected chi connectivity index (χ1v) is 7.19. The minimum absolute atomic E-state index is 0.0269. The summed E-state index contributed by atoms with van der Waals surface area (Å²) in [5.41, 5.74) is 2.81. The van der Waals surface area contributed by atoms with E-state index in [4.69, 9.17) is 11.6 Å². The monoisotopic (exact) mass is 337 g/mol. The number of hydrogen-bond donors (Lipinski definition) is 1. The predicted octanol–water partition coefficient (Wildman–Crippen LogP) is 4.37. The van der Waals surface area contributed by atoms with Gasteiger partial charge in [-0.05, 0) is 35.4 Å². The Labute approximate surface area is 125 Å². The van der Waals surface area contributed by atoms with Crippen molar-refractivity contribution < 1.29 is 4.79 Å². The molecule has 1 N–H and O–H groups in total. The zero-order valence-corrected chi connectivity index (χ0v) is 12.5. The van der Waals surface area contributed by atoms with E-state index in [0.717, 1.165) is 21.3 Å². The van der Waals surface area contributed by atoms with E-state index in [9.17, 15) is 4.79 Å². The molecule has 2 rings (SSSR count). The summed E-state index contributed by atoms with van der Waals surface area (Å²) in [6.07, 6.45) is 0.366. The summed E-state index contributed by atoms with van der Waals surface area (Å²) < 4.78 is 1.01. The van der Waals surface area contributed by atoms with Gasteiger partial charge < -0.3 is 5.32 Å². The van der Waals surface area contributed by atoms with Crippen LogP contribution in [-0.4, -0.2) is 5.91 Å². The topological polar surface area (TPSA) is 29.1 Å². The van der Waals surface area contributed by atoms with Gasteiger partial charge in [-0.15, -0.1) is 11.6 Å². The molecule has 19 heavy (non-hydrogen) atoms. The number of carbonyl (C=O) groups excluding carboxylic acids is 1. The second-order valence-corrected chi connectivity index (χ2v) is 5.36. The molecule has 0 spiro atoms. The Morgan fingerprint density at radius 2 is 1.58 bits per heavy atom. The molecule has 0 fully saturated rings. The van der Waals surface area contributed by atoms with Crippen molar-refractivity contribution in [3.63, 3.8) is 0 Å². The second kappa shape index (κ2) is 6.73. The summed E-state index contributed by atoms with van der Waals surface area (Å²) in [4.78, 5) is 11.9. The highest BCUT2D eigenvalue weighted by atomic mass is 79.9. The SMILES string of the molecule is O=C(Cc1ccc(Br)cc1)Nc1ccc(CCl)cc1. The van der Waals surface area contributed by atoms with E-state index in [2.05, 4.69) is 21.2 Å². The normalized spacial score (nSPS) is 10.2. The van der Waals surface area contributed by atoms with E-state index in [1.165, 1.54) is 0 Å². The fourth-order valence-corrected chi connectivity index (χ4v) is 2.11. The molecule has 0 saturated heterocycles. The Morgan fingerprint density at radius 3 is 2.16 bits per heavy atom. The maximum absolute atomic E-state index is 11.9. The van der Waals surface area contributed by atoms with Crippen LogP contribution in [0.5, 0.6) is 0 Å². The largest absolute Gasteiger partial charge is 0.326 e. The molecule has 98 valence electrons. The number of rotatable bonds is 4. The molecule has 2 aromatic rings. The van der Waals surface area contributed by atoms with Gasteiger partial charge >= 0.3 is 0 Å². The lowest BCUT2D eigenvalue weighted by molar-refractivity contribution is -0.115. The van der Waals surface area contributed by atoms with Gasteiger partial charge in [0.1, 0.15) is 0 Å². The van der Waals surface area contributed by atoms with Crippen molar-refractivity contribution in [1.82, 2.24) is 0 Å². The van der Waals surface area contributed by atoms with Crippen molar-refractivity contribution in [3.05, 3.63) is 64.1 Å². The minimum atomic E-state index is -0.0269. The van der Waals surface area contributed by atoms with Crippen molar-refractivity contribution in [2.45, 2.75) is 12.3 Å². The van der Waals surface area contributed by atoms with E-state index in [1.54, 1.807) is 0 Å². The second-order valence-electron chi connectivity index (χ2n) is 4.18. The van der Waals surface area contributed by atoms with Crippen LogP contribution in [0.3, 0.4) is 0 Å². The first-order valence-electron chi connectivity index (χ1n) is 5.86. The van der Waals surface area contributed by atoms with Crippen LogP contribution in [0.1, 0.15) is 11.1 Å². The third kappa shape index (κ3) is 4.37. The van der Waals surface area contributed by atoms with E-state index in [0.29, 0.717) is 12.3 Å². The number of nitrogens with one attached hydrogen (secondary N) is 1. The van der Waals surface area contributed by atoms with Crippen LogP contribution in [-0.2, 0) is 17.1 Å². The van der Waals surface area contributed by atoms with Gasteiger partial charge in [-0.1, -0.05) is 40.2 Å². The molecule has 0 radical (unpaired) electrons. The van der Waals surface area contributed by atoms with Gasteiger partial charge in [-0.25, -0.2) is 0 Å².